The number of hydrogen-bond acceptors (Lipinski definition) is 13. The van der Waals surface area contributed by atoms with Crippen molar-refractivity contribution in [3.05, 3.63) is 162 Å². The lowest BCUT2D eigenvalue weighted by atomic mass is 10.2. The Labute approximate surface area is 333 Å². The molecule has 0 fully saturated rings. The fraction of sp³-hybridized carbons (Fsp3) is 0.186. The first kappa shape index (κ1) is 41.6. The second-order valence-corrected chi connectivity index (χ2v) is 12.0. The summed E-state index contributed by atoms with van der Waals surface area (Å²) < 4.78 is 32.4. The van der Waals surface area contributed by atoms with Gasteiger partial charge in [0.15, 0.2) is 0 Å². The van der Waals surface area contributed by atoms with E-state index in [2.05, 4.69) is 4.98 Å². The van der Waals surface area contributed by atoms with E-state index >= 15 is 0 Å². The molecule has 5 rings (SSSR count). The molecule has 15 nitrogen and oxygen atoms in total. The monoisotopic (exact) mass is 789 g/mol. The van der Waals surface area contributed by atoms with Gasteiger partial charge in [-0.25, -0.2) is 33.8 Å². The van der Waals surface area contributed by atoms with Crippen molar-refractivity contribution < 1.29 is 57.2 Å². The van der Waals surface area contributed by atoms with Crippen LogP contribution in [0.25, 0.3) is 0 Å². The molecule has 58 heavy (non-hydrogen) atoms. The van der Waals surface area contributed by atoms with Crippen molar-refractivity contribution in [2.45, 2.75) is 0 Å². The van der Waals surface area contributed by atoms with Crippen LogP contribution in [0.4, 0.5) is 9.59 Å². The average Bonchev–Trinajstić information content (AvgIpc) is 3.26. The van der Waals surface area contributed by atoms with E-state index in [1.54, 1.807) is 121 Å². The van der Waals surface area contributed by atoms with Crippen LogP contribution in [0.2, 0.25) is 0 Å². The van der Waals surface area contributed by atoms with Gasteiger partial charge in [0, 0.05) is 12.3 Å². The minimum Gasteiger partial charge on any atom is -0.460 e. The first-order valence-electron chi connectivity index (χ1n) is 18.0. The van der Waals surface area contributed by atoms with Gasteiger partial charge >= 0.3 is 36.1 Å². The van der Waals surface area contributed by atoms with Crippen molar-refractivity contribution in [3.8, 4) is 11.6 Å². The lowest BCUT2D eigenvalue weighted by Crippen LogP contribution is -2.39. The van der Waals surface area contributed by atoms with E-state index < -0.39 is 36.1 Å². The number of pyridine rings is 1. The van der Waals surface area contributed by atoms with Crippen molar-refractivity contribution in [1.82, 2.24) is 14.8 Å². The molecule has 1 aromatic heterocycles. The average molecular weight is 790 g/mol. The zero-order chi connectivity index (χ0) is 41.0. The van der Waals surface area contributed by atoms with Crippen molar-refractivity contribution in [2.24, 2.45) is 0 Å². The molecule has 0 N–H and O–H groups in total. The predicted molar refractivity (Wildman–Crippen MR) is 206 cm³/mol. The summed E-state index contributed by atoms with van der Waals surface area (Å²) in [6, 6.07) is 35.8. The maximum absolute atomic E-state index is 13.4. The fourth-order valence-electron chi connectivity index (χ4n) is 5.04. The van der Waals surface area contributed by atoms with Gasteiger partial charge in [-0.2, -0.15) is 0 Å². The van der Waals surface area contributed by atoms with E-state index in [0.717, 1.165) is 4.90 Å². The Morgan fingerprint density at radius 3 is 1.05 bits per heavy atom. The van der Waals surface area contributed by atoms with Crippen molar-refractivity contribution in [2.75, 3.05) is 52.6 Å². The Kier molecular flexibility index (Phi) is 15.9. The number of benzene rings is 4. The molecule has 0 bridgehead atoms. The van der Waals surface area contributed by atoms with E-state index in [1.165, 1.54) is 23.2 Å². The van der Waals surface area contributed by atoms with Crippen molar-refractivity contribution in [3.63, 3.8) is 0 Å². The summed E-state index contributed by atoms with van der Waals surface area (Å²) in [6.07, 6.45) is -0.575. The Morgan fingerprint density at radius 1 is 0.414 bits per heavy atom. The number of aromatic nitrogens is 1. The van der Waals surface area contributed by atoms with Crippen LogP contribution in [0, 0.1) is 0 Å². The quantitative estimate of drug-likeness (QED) is 0.0735. The Morgan fingerprint density at radius 2 is 0.724 bits per heavy atom. The molecule has 1 heterocycles. The second-order valence-electron chi connectivity index (χ2n) is 12.0. The molecule has 0 aliphatic heterocycles. The number of amides is 2. The fourth-order valence-corrected chi connectivity index (χ4v) is 5.04. The van der Waals surface area contributed by atoms with Crippen LogP contribution in [0.15, 0.2) is 140 Å². The summed E-state index contributed by atoms with van der Waals surface area (Å²) in [5, 5.41) is 0. The highest BCUT2D eigenvalue weighted by atomic mass is 16.6. The van der Waals surface area contributed by atoms with E-state index in [1.807, 2.05) is 0 Å². The molecule has 15 heteroatoms. The summed E-state index contributed by atoms with van der Waals surface area (Å²) >= 11 is 0. The number of carbonyl (C=O) groups is 6. The predicted octanol–water partition coefficient (Wildman–Crippen LogP) is 6.11. The number of carbonyl (C=O) groups excluding carboxylic acids is 6. The highest BCUT2D eigenvalue weighted by Gasteiger charge is 2.22. The summed E-state index contributed by atoms with van der Waals surface area (Å²) in [7, 11) is 0. The molecule has 0 aliphatic rings. The Hall–Kier alpha value is -7.55. The molecule has 0 saturated carbocycles. The summed E-state index contributed by atoms with van der Waals surface area (Å²) in [4.78, 5) is 83.1. The summed E-state index contributed by atoms with van der Waals surface area (Å²) in [5.74, 6) is -2.69. The number of esters is 4. The van der Waals surface area contributed by atoms with Crippen LogP contribution in [-0.4, -0.2) is 103 Å². The van der Waals surface area contributed by atoms with Crippen LogP contribution in [-0.2, 0) is 18.9 Å². The molecule has 4 aromatic carbocycles. The Bertz CT molecular complexity index is 1860. The van der Waals surface area contributed by atoms with Gasteiger partial charge in [0.25, 0.3) is 0 Å². The smallest absolute Gasteiger partial charge is 0.416 e. The van der Waals surface area contributed by atoms with Gasteiger partial charge in [-0.15, -0.1) is 0 Å². The third-order valence-electron chi connectivity index (χ3n) is 8.04. The molecular formula is C43H39N3O12. The second kappa shape index (κ2) is 22.1. The van der Waals surface area contributed by atoms with Gasteiger partial charge in [0.05, 0.1) is 48.4 Å². The first-order valence-corrected chi connectivity index (χ1v) is 18.0. The van der Waals surface area contributed by atoms with E-state index in [0.29, 0.717) is 22.3 Å². The first-order chi connectivity index (χ1) is 28.3. The zero-order valence-electron chi connectivity index (χ0n) is 31.2. The maximum atomic E-state index is 13.4. The lowest BCUT2D eigenvalue weighted by Gasteiger charge is -2.22. The van der Waals surface area contributed by atoms with E-state index in [-0.39, 0.29) is 64.2 Å². The molecule has 2 amide bonds. The minimum absolute atomic E-state index is 0.0597. The summed E-state index contributed by atoms with van der Waals surface area (Å²) in [6.45, 7) is -1.33. The SMILES string of the molecule is O=C(OCCN(CCOC(=O)c1ccccc1)C(=O)Oc1ccnc(OC(=O)N(CCOC(=O)c2ccccc2)CCOC(=O)c2ccccc2)c1)c1ccccc1. The van der Waals surface area contributed by atoms with Crippen LogP contribution < -0.4 is 9.47 Å². The number of rotatable bonds is 18. The molecular weight excluding hydrogens is 750 g/mol. The molecule has 0 unspecified atom stereocenters. The molecule has 0 aliphatic carbocycles. The van der Waals surface area contributed by atoms with E-state index in [9.17, 15) is 28.8 Å². The third kappa shape index (κ3) is 13.3. The third-order valence-corrected chi connectivity index (χ3v) is 8.04. The van der Waals surface area contributed by atoms with Crippen LogP contribution in [0.1, 0.15) is 41.4 Å². The van der Waals surface area contributed by atoms with Gasteiger partial charge in [0.1, 0.15) is 32.2 Å². The summed E-state index contributed by atoms with van der Waals surface area (Å²) in [5.41, 5.74) is 1.30. The highest BCUT2D eigenvalue weighted by Crippen LogP contribution is 2.19. The van der Waals surface area contributed by atoms with Crippen LogP contribution in [0.3, 0.4) is 0 Å². The van der Waals surface area contributed by atoms with Gasteiger partial charge in [-0.05, 0) is 54.6 Å². The van der Waals surface area contributed by atoms with Gasteiger partial charge < -0.3 is 38.2 Å². The standard InChI is InChI=1S/C43H39N3O12/c47-38(32-13-5-1-6-14-32)53-27-23-45(24-28-54-39(48)33-15-7-2-8-16-33)42(51)57-36-21-22-44-37(31-36)58-43(52)46(25-29-55-40(49)34-17-9-3-10-18-34)26-30-56-41(50)35-19-11-4-12-20-35/h1-22,31H,23-30H2. The topological polar surface area (TPSA) is 177 Å². The van der Waals surface area contributed by atoms with Gasteiger partial charge in [-0.3, -0.25) is 0 Å². The molecule has 0 saturated heterocycles. The highest BCUT2D eigenvalue weighted by molar-refractivity contribution is 5.90. The Balaban J connectivity index is 1.20. The zero-order valence-corrected chi connectivity index (χ0v) is 31.2. The molecule has 298 valence electrons. The minimum atomic E-state index is -0.926. The van der Waals surface area contributed by atoms with E-state index in [4.69, 9.17) is 28.4 Å². The lowest BCUT2D eigenvalue weighted by molar-refractivity contribution is 0.0388. The van der Waals surface area contributed by atoms with Crippen molar-refractivity contribution >= 4 is 36.1 Å². The number of ether oxygens (including phenoxy) is 6. The van der Waals surface area contributed by atoms with Gasteiger partial charge in [0.2, 0.25) is 5.88 Å². The number of hydrogen-bond donors (Lipinski definition) is 0. The maximum Gasteiger partial charge on any atom is 0.416 e. The largest absolute Gasteiger partial charge is 0.460 e. The molecule has 5 aromatic rings. The van der Waals surface area contributed by atoms with Crippen molar-refractivity contribution in [1.29, 1.82) is 0 Å². The van der Waals surface area contributed by atoms with Crippen LogP contribution in [0.5, 0.6) is 11.6 Å². The van der Waals surface area contributed by atoms with Gasteiger partial charge in [-0.1, -0.05) is 72.8 Å². The molecule has 0 spiro atoms. The number of nitrogens with zero attached hydrogens (tertiary/aromatic N) is 3. The van der Waals surface area contributed by atoms with Crippen LogP contribution >= 0.6 is 0 Å². The molecule has 0 atom stereocenters. The molecule has 0 radical (unpaired) electrons. The normalized spacial score (nSPS) is 10.3.